The number of halogens is 3. The molecule has 0 aliphatic rings. The first kappa shape index (κ1) is 14.9. The second kappa shape index (κ2) is 5.87. The van der Waals surface area contributed by atoms with Gasteiger partial charge in [-0.25, -0.2) is 0 Å². The molecule has 2 rings (SSSR count). The Morgan fingerprint density at radius 3 is 2.38 bits per heavy atom. The SMILES string of the molecule is Nc1ccc(OCc2ccccc2)cc1C(=O)C(F)(F)F. The van der Waals surface area contributed by atoms with Crippen molar-refractivity contribution in [3.8, 4) is 5.75 Å². The van der Waals surface area contributed by atoms with Gasteiger partial charge in [0.1, 0.15) is 12.4 Å². The summed E-state index contributed by atoms with van der Waals surface area (Å²) in [7, 11) is 0. The van der Waals surface area contributed by atoms with E-state index in [2.05, 4.69) is 0 Å². The topological polar surface area (TPSA) is 52.3 Å². The Morgan fingerprint density at radius 2 is 1.76 bits per heavy atom. The molecule has 0 spiro atoms. The van der Waals surface area contributed by atoms with Gasteiger partial charge in [0, 0.05) is 5.69 Å². The first-order chi connectivity index (χ1) is 9.88. The molecule has 0 radical (unpaired) electrons. The molecule has 0 aliphatic carbocycles. The molecule has 0 saturated heterocycles. The van der Waals surface area contributed by atoms with Gasteiger partial charge in [-0.15, -0.1) is 0 Å². The highest BCUT2D eigenvalue weighted by Gasteiger charge is 2.40. The van der Waals surface area contributed by atoms with Crippen molar-refractivity contribution in [3.05, 3.63) is 59.7 Å². The average Bonchev–Trinajstić information content (AvgIpc) is 2.46. The van der Waals surface area contributed by atoms with Crippen LogP contribution in [-0.2, 0) is 6.61 Å². The fourth-order valence-electron chi connectivity index (χ4n) is 1.72. The molecular weight excluding hydrogens is 283 g/mol. The number of carbonyl (C=O) groups excluding carboxylic acids is 1. The highest BCUT2D eigenvalue weighted by molar-refractivity contribution is 6.04. The van der Waals surface area contributed by atoms with Gasteiger partial charge in [-0.3, -0.25) is 4.79 Å². The smallest absolute Gasteiger partial charge is 0.454 e. The minimum absolute atomic E-state index is 0.153. The summed E-state index contributed by atoms with van der Waals surface area (Å²) in [5, 5.41) is 0. The summed E-state index contributed by atoms with van der Waals surface area (Å²) in [6, 6.07) is 12.8. The van der Waals surface area contributed by atoms with Crippen LogP contribution in [-0.4, -0.2) is 12.0 Å². The molecule has 2 aromatic carbocycles. The third-order valence-corrected chi connectivity index (χ3v) is 2.78. The summed E-state index contributed by atoms with van der Waals surface area (Å²) in [5.41, 5.74) is 5.44. The molecule has 3 nitrogen and oxygen atoms in total. The Hall–Kier alpha value is -2.50. The van der Waals surface area contributed by atoms with Crippen molar-refractivity contribution < 1.29 is 22.7 Å². The number of nitrogens with two attached hydrogens (primary N) is 1. The molecule has 0 fully saturated rings. The Balaban J connectivity index is 2.17. The van der Waals surface area contributed by atoms with E-state index in [1.807, 2.05) is 30.3 Å². The van der Waals surface area contributed by atoms with E-state index < -0.39 is 17.5 Å². The van der Waals surface area contributed by atoms with Gasteiger partial charge in [-0.1, -0.05) is 30.3 Å². The first-order valence-electron chi connectivity index (χ1n) is 6.05. The van der Waals surface area contributed by atoms with E-state index >= 15 is 0 Å². The molecule has 21 heavy (non-hydrogen) atoms. The molecule has 0 aliphatic heterocycles. The van der Waals surface area contributed by atoms with Crippen molar-refractivity contribution in [1.82, 2.24) is 0 Å². The highest BCUT2D eigenvalue weighted by atomic mass is 19.4. The molecular formula is C15H12F3NO2. The lowest BCUT2D eigenvalue weighted by Crippen LogP contribution is -2.23. The van der Waals surface area contributed by atoms with Crippen LogP contribution >= 0.6 is 0 Å². The van der Waals surface area contributed by atoms with Crippen LogP contribution in [0.5, 0.6) is 5.75 Å². The second-order valence-corrected chi connectivity index (χ2v) is 4.35. The van der Waals surface area contributed by atoms with Crippen molar-refractivity contribution in [2.45, 2.75) is 12.8 Å². The van der Waals surface area contributed by atoms with Gasteiger partial charge >= 0.3 is 6.18 Å². The fourth-order valence-corrected chi connectivity index (χ4v) is 1.72. The zero-order valence-electron chi connectivity index (χ0n) is 10.9. The number of nitrogen functional groups attached to an aromatic ring is 1. The number of benzene rings is 2. The molecule has 110 valence electrons. The third kappa shape index (κ3) is 3.75. The number of ether oxygens (including phenoxy) is 1. The Bertz CT molecular complexity index is 639. The number of alkyl halides is 3. The summed E-state index contributed by atoms with van der Waals surface area (Å²) in [6.45, 7) is 0.185. The highest BCUT2D eigenvalue weighted by Crippen LogP contribution is 2.28. The van der Waals surface area contributed by atoms with E-state index in [-0.39, 0.29) is 18.0 Å². The number of carbonyl (C=O) groups is 1. The Labute approximate surface area is 119 Å². The first-order valence-corrected chi connectivity index (χ1v) is 6.05. The van der Waals surface area contributed by atoms with Crippen LogP contribution in [0.15, 0.2) is 48.5 Å². The number of anilines is 1. The van der Waals surface area contributed by atoms with Crippen molar-refractivity contribution in [1.29, 1.82) is 0 Å². The maximum Gasteiger partial charge on any atom is 0.454 e. The minimum Gasteiger partial charge on any atom is -0.489 e. The van der Waals surface area contributed by atoms with Crippen LogP contribution in [0, 0.1) is 0 Å². The molecule has 0 bridgehead atoms. The molecule has 2 N–H and O–H groups in total. The number of ketones is 1. The molecule has 0 amide bonds. The van der Waals surface area contributed by atoms with Gasteiger partial charge in [-0.2, -0.15) is 13.2 Å². The maximum atomic E-state index is 12.5. The summed E-state index contributed by atoms with van der Waals surface area (Å²) >= 11 is 0. The quantitative estimate of drug-likeness (QED) is 0.692. The number of Topliss-reactive ketones (excluding diaryl/α,β-unsaturated/α-hetero) is 1. The van der Waals surface area contributed by atoms with Crippen LogP contribution in [0.1, 0.15) is 15.9 Å². The molecule has 0 aromatic heterocycles. The lowest BCUT2D eigenvalue weighted by molar-refractivity contribution is -0.0884. The van der Waals surface area contributed by atoms with Gasteiger partial charge in [-0.05, 0) is 23.8 Å². The van der Waals surface area contributed by atoms with Crippen molar-refractivity contribution in [2.75, 3.05) is 5.73 Å². The van der Waals surface area contributed by atoms with Gasteiger partial charge in [0.2, 0.25) is 0 Å². The molecule has 2 aromatic rings. The summed E-state index contributed by atoms with van der Waals surface area (Å²) in [5.74, 6) is -1.83. The van der Waals surface area contributed by atoms with Crippen LogP contribution in [0.3, 0.4) is 0 Å². The van der Waals surface area contributed by atoms with E-state index in [0.29, 0.717) is 0 Å². The van der Waals surface area contributed by atoms with E-state index in [4.69, 9.17) is 10.5 Å². The van der Waals surface area contributed by atoms with Gasteiger partial charge in [0.05, 0.1) is 5.56 Å². The number of hydrogen-bond donors (Lipinski definition) is 1. The van der Waals surface area contributed by atoms with Crippen molar-refractivity contribution in [3.63, 3.8) is 0 Å². The largest absolute Gasteiger partial charge is 0.489 e. The summed E-state index contributed by atoms with van der Waals surface area (Å²) in [4.78, 5) is 11.3. The number of hydrogen-bond acceptors (Lipinski definition) is 3. The minimum atomic E-state index is -4.97. The predicted octanol–water partition coefficient (Wildman–Crippen LogP) is 3.59. The van der Waals surface area contributed by atoms with E-state index in [9.17, 15) is 18.0 Å². The lowest BCUT2D eigenvalue weighted by atomic mass is 10.1. The van der Waals surface area contributed by atoms with E-state index in [1.54, 1.807) is 0 Å². The number of rotatable bonds is 4. The predicted molar refractivity (Wildman–Crippen MR) is 72.0 cm³/mol. The summed E-state index contributed by atoms with van der Waals surface area (Å²) in [6.07, 6.45) is -4.97. The molecule has 6 heteroatoms. The Morgan fingerprint density at radius 1 is 1.10 bits per heavy atom. The normalized spacial score (nSPS) is 11.2. The fraction of sp³-hybridized carbons (Fsp3) is 0.133. The summed E-state index contributed by atoms with van der Waals surface area (Å²) < 4.78 is 42.7. The van der Waals surface area contributed by atoms with Crippen molar-refractivity contribution >= 4 is 11.5 Å². The van der Waals surface area contributed by atoms with Crippen LogP contribution in [0.2, 0.25) is 0 Å². The monoisotopic (exact) mass is 295 g/mol. The standard InChI is InChI=1S/C15H12F3NO2/c16-15(17,18)14(20)12-8-11(6-7-13(12)19)21-9-10-4-2-1-3-5-10/h1-8H,9,19H2. The van der Waals surface area contributed by atoms with E-state index in [1.165, 1.54) is 12.1 Å². The average molecular weight is 295 g/mol. The zero-order valence-corrected chi connectivity index (χ0v) is 10.9. The Kier molecular flexibility index (Phi) is 4.16. The molecule has 0 atom stereocenters. The lowest BCUT2D eigenvalue weighted by Gasteiger charge is -2.11. The maximum absolute atomic E-state index is 12.5. The van der Waals surface area contributed by atoms with Gasteiger partial charge in [0.25, 0.3) is 5.78 Å². The molecule has 0 saturated carbocycles. The van der Waals surface area contributed by atoms with Crippen LogP contribution in [0.4, 0.5) is 18.9 Å². The molecule has 0 unspecified atom stereocenters. The van der Waals surface area contributed by atoms with Gasteiger partial charge < -0.3 is 10.5 Å². The van der Waals surface area contributed by atoms with Crippen LogP contribution < -0.4 is 10.5 Å². The van der Waals surface area contributed by atoms with Crippen LogP contribution in [0.25, 0.3) is 0 Å². The molecule has 0 heterocycles. The third-order valence-electron chi connectivity index (χ3n) is 2.78. The van der Waals surface area contributed by atoms with Crippen molar-refractivity contribution in [2.24, 2.45) is 0 Å². The zero-order chi connectivity index (χ0) is 15.5. The van der Waals surface area contributed by atoms with Gasteiger partial charge in [0.15, 0.2) is 0 Å². The van der Waals surface area contributed by atoms with E-state index in [0.717, 1.165) is 11.6 Å². The second-order valence-electron chi connectivity index (χ2n) is 4.35.